The van der Waals surface area contributed by atoms with Crippen LogP contribution in [0.25, 0.3) is 0 Å². The Labute approximate surface area is 75.2 Å². The van der Waals surface area contributed by atoms with Crippen LogP contribution in [0.3, 0.4) is 0 Å². The number of hydrogen-bond acceptors (Lipinski definition) is 2. The zero-order valence-electron chi connectivity index (χ0n) is 8.27. The molecule has 0 aromatic rings. The van der Waals surface area contributed by atoms with Crippen molar-refractivity contribution >= 4 is 0 Å². The van der Waals surface area contributed by atoms with E-state index < -0.39 is 0 Å². The van der Waals surface area contributed by atoms with Crippen LogP contribution in [-0.4, -0.2) is 17.3 Å². The first-order valence-corrected chi connectivity index (χ1v) is 4.87. The van der Waals surface area contributed by atoms with Crippen LogP contribution in [0.2, 0.25) is 0 Å². The molecule has 1 rings (SSSR count). The second-order valence-electron chi connectivity index (χ2n) is 5.03. The zero-order chi connectivity index (χ0) is 9.24. The van der Waals surface area contributed by atoms with Gasteiger partial charge in [0, 0.05) is 12.1 Å². The predicted octanol–water partition coefficient (Wildman–Crippen LogP) is 1.67. The lowest BCUT2D eigenvalue weighted by Gasteiger charge is -2.42. The van der Waals surface area contributed by atoms with Crippen molar-refractivity contribution < 1.29 is 5.11 Å². The second-order valence-corrected chi connectivity index (χ2v) is 5.03. The molecule has 1 aliphatic carbocycles. The summed E-state index contributed by atoms with van der Waals surface area (Å²) in [6, 6.07) is 0. The molecule has 72 valence electrons. The highest BCUT2D eigenvalue weighted by molar-refractivity contribution is 4.93. The molecular weight excluding hydrogens is 150 g/mol. The van der Waals surface area contributed by atoms with Gasteiger partial charge in [-0.3, -0.25) is 0 Å². The molecule has 0 amide bonds. The molecule has 0 bridgehead atoms. The Morgan fingerprint density at radius 2 is 2.00 bits per heavy atom. The van der Waals surface area contributed by atoms with E-state index in [0.717, 1.165) is 19.3 Å². The molecule has 1 saturated carbocycles. The molecule has 1 unspecified atom stereocenters. The standard InChI is InChI=1S/C10H21NO/c1-9(2)4-3-5-10(11,8-9)6-7-12/h12H,3-8,11H2,1-2H3. The summed E-state index contributed by atoms with van der Waals surface area (Å²) in [7, 11) is 0. The molecule has 12 heavy (non-hydrogen) atoms. The van der Waals surface area contributed by atoms with Crippen LogP contribution in [0.4, 0.5) is 0 Å². The summed E-state index contributed by atoms with van der Waals surface area (Å²) in [5.74, 6) is 0. The Kier molecular flexibility index (Phi) is 2.79. The fourth-order valence-corrected chi connectivity index (χ4v) is 2.48. The van der Waals surface area contributed by atoms with Gasteiger partial charge < -0.3 is 10.8 Å². The molecule has 0 aromatic carbocycles. The van der Waals surface area contributed by atoms with Gasteiger partial charge in [-0.2, -0.15) is 0 Å². The number of aliphatic hydroxyl groups is 1. The third-order valence-corrected chi connectivity index (χ3v) is 2.97. The molecule has 0 aliphatic heterocycles. The average molecular weight is 171 g/mol. The fourth-order valence-electron chi connectivity index (χ4n) is 2.48. The third kappa shape index (κ3) is 2.46. The Morgan fingerprint density at radius 1 is 1.33 bits per heavy atom. The van der Waals surface area contributed by atoms with Gasteiger partial charge in [0.15, 0.2) is 0 Å². The molecule has 2 heteroatoms. The fraction of sp³-hybridized carbons (Fsp3) is 1.00. The second kappa shape index (κ2) is 3.35. The Morgan fingerprint density at radius 3 is 2.50 bits per heavy atom. The van der Waals surface area contributed by atoms with E-state index >= 15 is 0 Å². The minimum absolute atomic E-state index is 0.0868. The van der Waals surface area contributed by atoms with Crippen LogP contribution >= 0.6 is 0 Å². The SMILES string of the molecule is CC1(C)CCCC(N)(CCO)C1. The molecule has 1 aliphatic rings. The maximum atomic E-state index is 8.87. The number of rotatable bonds is 2. The van der Waals surface area contributed by atoms with Gasteiger partial charge in [0.25, 0.3) is 0 Å². The highest BCUT2D eigenvalue weighted by atomic mass is 16.3. The van der Waals surface area contributed by atoms with Crippen molar-refractivity contribution in [1.29, 1.82) is 0 Å². The van der Waals surface area contributed by atoms with Crippen molar-refractivity contribution in [2.75, 3.05) is 6.61 Å². The molecule has 2 nitrogen and oxygen atoms in total. The van der Waals surface area contributed by atoms with Gasteiger partial charge in [-0.25, -0.2) is 0 Å². The number of hydrogen-bond donors (Lipinski definition) is 2. The van der Waals surface area contributed by atoms with Crippen molar-refractivity contribution in [3.05, 3.63) is 0 Å². The van der Waals surface area contributed by atoms with Gasteiger partial charge in [0.05, 0.1) is 0 Å². The monoisotopic (exact) mass is 171 g/mol. The molecule has 0 spiro atoms. The van der Waals surface area contributed by atoms with Crippen molar-refractivity contribution in [2.24, 2.45) is 11.1 Å². The molecule has 3 N–H and O–H groups in total. The van der Waals surface area contributed by atoms with Crippen LogP contribution in [0.15, 0.2) is 0 Å². The van der Waals surface area contributed by atoms with E-state index in [1.165, 1.54) is 12.8 Å². The summed E-state index contributed by atoms with van der Waals surface area (Å²) in [6.45, 7) is 4.77. The molecule has 0 heterocycles. The smallest absolute Gasteiger partial charge is 0.0448 e. The molecule has 1 atom stereocenters. The van der Waals surface area contributed by atoms with E-state index in [1.807, 2.05) is 0 Å². The molecular formula is C10H21NO. The van der Waals surface area contributed by atoms with Crippen molar-refractivity contribution in [2.45, 2.75) is 51.5 Å². The maximum Gasteiger partial charge on any atom is 0.0448 e. The molecule has 0 radical (unpaired) electrons. The summed E-state index contributed by atoms with van der Waals surface area (Å²) in [6.07, 6.45) is 5.38. The van der Waals surface area contributed by atoms with Gasteiger partial charge in [-0.05, 0) is 31.1 Å². The first kappa shape index (κ1) is 10.0. The lowest BCUT2D eigenvalue weighted by atomic mass is 9.67. The lowest BCUT2D eigenvalue weighted by molar-refractivity contribution is 0.122. The average Bonchev–Trinajstić information content (AvgIpc) is 1.83. The van der Waals surface area contributed by atoms with Crippen LogP contribution < -0.4 is 5.73 Å². The lowest BCUT2D eigenvalue weighted by Crippen LogP contribution is -2.47. The first-order chi connectivity index (χ1) is 5.47. The predicted molar refractivity (Wildman–Crippen MR) is 50.9 cm³/mol. The van der Waals surface area contributed by atoms with Crippen molar-refractivity contribution in [1.82, 2.24) is 0 Å². The highest BCUT2D eigenvalue weighted by Gasteiger charge is 2.36. The quantitative estimate of drug-likeness (QED) is 0.664. The van der Waals surface area contributed by atoms with Crippen LogP contribution in [0.5, 0.6) is 0 Å². The van der Waals surface area contributed by atoms with Crippen LogP contribution in [-0.2, 0) is 0 Å². The topological polar surface area (TPSA) is 46.2 Å². The van der Waals surface area contributed by atoms with Crippen molar-refractivity contribution in [3.8, 4) is 0 Å². The highest BCUT2D eigenvalue weighted by Crippen LogP contribution is 2.40. The normalized spacial score (nSPS) is 35.0. The van der Waals surface area contributed by atoms with Crippen LogP contribution in [0, 0.1) is 5.41 Å². The minimum Gasteiger partial charge on any atom is -0.396 e. The van der Waals surface area contributed by atoms with E-state index in [1.54, 1.807) is 0 Å². The van der Waals surface area contributed by atoms with Gasteiger partial charge in [-0.1, -0.05) is 20.3 Å². The van der Waals surface area contributed by atoms with E-state index in [0.29, 0.717) is 5.41 Å². The van der Waals surface area contributed by atoms with Gasteiger partial charge >= 0.3 is 0 Å². The van der Waals surface area contributed by atoms with Crippen molar-refractivity contribution in [3.63, 3.8) is 0 Å². The zero-order valence-corrected chi connectivity index (χ0v) is 8.27. The largest absolute Gasteiger partial charge is 0.396 e. The van der Waals surface area contributed by atoms with Gasteiger partial charge in [0.2, 0.25) is 0 Å². The Balaban J connectivity index is 2.55. The van der Waals surface area contributed by atoms with E-state index in [2.05, 4.69) is 13.8 Å². The van der Waals surface area contributed by atoms with E-state index in [4.69, 9.17) is 10.8 Å². The maximum absolute atomic E-state index is 8.87. The minimum atomic E-state index is -0.0868. The number of aliphatic hydroxyl groups excluding tert-OH is 1. The van der Waals surface area contributed by atoms with Crippen LogP contribution in [0.1, 0.15) is 46.0 Å². The molecule has 0 aromatic heterocycles. The molecule has 1 fully saturated rings. The summed E-state index contributed by atoms with van der Waals surface area (Å²) in [5.41, 5.74) is 6.48. The van der Waals surface area contributed by atoms with E-state index in [9.17, 15) is 0 Å². The summed E-state index contributed by atoms with van der Waals surface area (Å²) in [5, 5.41) is 8.87. The summed E-state index contributed by atoms with van der Waals surface area (Å²) < 4.78 is 0. The van der Waals surface area contributed by atoms with Gasteiger partial charge in [0.1, 0.15) is 0 Å². The number of nitrogens with two attached hydrogens (primary N) is 1. The third-order valence-electron chi connectivity index (χ3n) is 2.97. The Hall–Kier alpha value is -0.0800. The summed E-state index contributed by atoms with van der Waals surface area (Å²) >= 11 is 0. The first-order valence-electron chi connectivity index (χ1n) is 4.87. The van der Waals surface area contributed by atoms with E-state index in [-0.39, 0.29) is 12.1 Å². The van der Waals surface area contributed by atoms with Gasteiger partial charge in [-0.15, -0.1) is 0 Å². The Bertz CT molecular complexity index is 152. The molecule has 0 saturated heterocycles. The summed E-state index contributed by atoms with van der Waals surface area (Å²) in [4.78, 5) is 0.